The topological polar surface area (TPSA) is 43.4 Å². The van der Waals surface area contributed by atoms with Crippen LogP contribution in [0.2, 0.25) is 0 Å². The first kappa shape index (κ1) is 13.0. The largest absolute Gasteiger partial charge is 0.454 e. The van der Waals surface area contributed by atoms with Crippen molar-refractivity contribution in [2.75, 3.05) is 18.7 Å². The average molecular weight is 272 g/mol. The molecule has 20 heavy (non-hydrogen) atoms. The van der Waals surface area contributed by atoms with Gasteiger partial charge >= 0.3 is 0 Å². The Balaban J connectivity index is 1.77. The number of hydrogen-bond donors (Lipinski definition) is 1. The number of rotatable bonds is 6. The van der Waals surface area contributed by atoms with Crippen molar-refractivity contribution in [3.8, 4) is 11.5 Å². The summed E-state index contributed by atoms with van der Waals surface area (Å²) in [6.07, 6.45) is 6.83. The highest BCUT2D eigenvalue weighted by Gasteiger charge is 2.15. The predicted octanol–water partition coefficient (Wildman–Crippen LogP) is 3.96. The fourth-order valence-electron chi connectivity index (χ4n) is 2.46. The van der Waals surface area contributed by atoms with Crippen LogP contribution in [0.3, 0.4) is 0 Å². The lowest BCUT2D eigenvalue weighted by atomic mass is 10.1. The number of hydrogen-bond acceptors (Lipinski definition) is 4. The molecule has 4 nitrogen and oxygen atoms in total. The summed E-state index contributed by atoms with van der Waals surface area (Å²) in [5.74, 6) is 2.55. The highest BCUT2D eigenvalue weighted by Crippen LogP contribution is 2.37. The molecule has 0 spiro atoms. The van der Waals surface area contributed by atoms with E-state index in [0.29, 0.717) is 6.79 Å². The van der Waals surface area contributed by atoms with Crippen LogP contribution in [-0.4, -0.2) is 18.3 Å². The van der Waals surface area contributed by atoms with E-state index in [-0.39, 0.29) is 0 Å². The van der Waals surface area contributed by atoms with Gasteiger partial charge in [0.15, 0.2) is 11.5 Å². The fraction of sp³-hybridized carbons (Fsp3) is 0.438. The normalized spacial score (nSPS) is 12.8. The van der Waals surface area contributed by atoms with Crippen LogP contribution >= 0.6 is 0 Å². The fourth-order valence-corrected chi connectivity index (χ4v) is 2.46. The van der Waals surface area contributed by atoms with Gasteiger partial charge < -0.3 is 14.8 Å². The van der Waals surface area contributed by atoms with Gasteiger partial charge in [-0.05, 0) is 30.0 Å². The first-order chi connectivity index (χ1) is 9.88. The van der Waals surface area contributed by atoms with E-state index in [2.05, 4.69) is 17.2 Å². The number of ether oxygens (including phenoxy) is 2. The molecule has 0 radical (unpaired) electrons. The van der Waals surface area contributed by atoms with Gasteiger partial charge in [-0.2, -0.15) is 0 Å². The zero-order chi connectivity index (χ0) is 13.8. The van der Waals surface area contributed by atoms with Gasteiger partial charge in [0.25, 0.3) is 0 Å². The predicted molar refractivity (Wildman–Crippen MR) is 80.5 cm³/mol. The Bertz CT molecular complexity index is 598. The Kier molecular flexibility index (Phi) is 3.90. The summed E-state index contributed by atoms with van der Waals surface area (Å²) in [6.45, 7) is 3.49. The minimum atomic E-state index is 0.304. The van der Waals surface area contributed by atoms with Gasteiger partial charge in [-0.15, -0.1) is 0 Å². The Hall–Kier alpha value is -1.97. The number of aromatic nitrogens is 1. The summed E-state index contributed by atoms with van der Waals surface area (Å²) in [5.41, 5.74) is 0. The molecular formula is C16H20N2O2. The van der Waals surface area contributed by atoms with E-state index in [1.54, 1.807) is 0 Å². The maximum Gasteiger partial charge on any atom is 0.231 e. The van der Waals surface area contributed by atoms with Crippen LogP contribution in [0.15, 0.2) is 24.4 Å². The summed E-state index contributed by atoms with van der Waals surface area (Å²) in [4.78, 5) is 4.44. The third kappa shape index (κ3) is 2.64. The molecule has 106 valence electrons. The highest BCUT2D eigenvalue weighted by atomic mass is 16.7. The van der Waals surface area contributed by atoms with Crippen molar-refractivity contribution in [1.82, 2.24) is 4.98 Å². The van der Waals surface area contributed by atoms with Gasteiger partial charge in [0.1, 0.15) is 5.82 Å². The molecule has 0 unspecified atom stereocenters. The second kappa shape index (κ2) is 5.99. The second-order valence-corrected chi connectivity index (χ2v) is 5.07. The summed E-state index contributed by atoms with van der Waals surface area (Å²) < 4.78 is 10.9. The van der Waals surface area contributed by atoms with Crippen LogP contribution < -0.4 is 14.8 Å². The molecule has 0 saturated carbocycles. The third-order valence-corrected chi connectivity index (χ3v) is 3.58. The number of anilines is 1. The number of fused-ring (bicyclic) bond motifs is 2. The molecule has 1 aliphatic heterocycles. The molecular weight excluding hydrogens is 252 g/mol. The van der Waals surface area contributed by atoms with Gasteiger partial charge in [-0.25, -0.2) is 4.98 Å². The van der Waals surface area contributed by atoms with Crippen molar-refractivity contribution < 1.29 is 9.47 Å². The zero-order valence-corrected chi connectivity index (χ0v) is 11.8. The van der Waals surface area contributed by atoms with Crippen LogP contribution in [0.25, 0.3) is 10.8 Å². The van der Waals surface area contributed by atoms with Crippen molar-refractivity contribution in [3.63, 3.8) is 0 Å². The molecule has 0 saturated heterocycles. The number of nitrogens with zero attached hydrogens (tertiary/aromatic N) is 1. The van der Waals surface area contributed by atoms with E-state index in [9.17, 15) is 0 Å². The number of nitrogens with one attached hydrogen (secondary N) is 1. The molecule has 0 atom stereocenters. The number of unbranched alkanes of at least 4 members (excludes halogenated alkanes) is 3. The maximum atomic E-state index is 5.44. The molecule has 1 N–H and O–H groups in total. The SMILES string of the molecule is CCCCCCNc1nccc2cc3c(cc12)OCO3. The standard InChI is InChI=1S/C16H20N2O2/c1-2-3-4-5-7-17-16-13-10-15-14(19-11-20-15)9-12(13)6-8-18-16/h6,8-10H,2-5,7,11H2,1H3,(H,17,18). The summed E-state index contributed by atoms with van der Waals surface area (Å²) in [7, 11) is 0. The Morgan fingerprint density at radius 1 is 1.15 bits per heavy atom. The first-order valence-corrected chi connectivity index (χ1v) is 7.30. The van der Waals surface area contributed by atoms with Crippen molar-refractivity contribution in [2.45, 2.75) is 32.6 Å². The zero-order valence-electron chi connectivity index (χ0n) is 11.8. The van der Waals surface area contributed by atoms with Crippen molar-refractivity contribution >= 4 is 16.6 Å². The highest BCUT2D eigenvalue weighted by molar-refractivity contribution is 5.94. The van der Waals surface area contributed by atoms with Crippen molar-refractivity contribution in [2.24, 2.45) is 0 Å². The van der Waals surface area contributed by atoms with E-state index >= 15 is 0 Å². The summed E-state index contributed by atoms with van der Waals surface area (Å²) in [6, 6.07) is 6.03. The van der Waals surface area contributed by atoms with Crippen LogP contribution in [0.5, 0.6) is 11.5 Å². The van der Waals surface area contributed by atoms with E-state index in [0.717, 1.165) is 34.6 Å². The van der Waals surface area contributed by atoms with Gasteiger partial charge in [0, 0.05) is 18.1 Å². The van der Waals surface area contributed by atoms with Gasteiger partial charge in [0.2, 0.25) is 6.79 Å². The molecule has 2 heterocycles. The number of pyridine rings is 1. The molecule has 1 aromatic heterocycles. The summed E-state index contributed by atoms with van der Waals surface area (Å²) >= 11 is 0. The van der Waals surface area contributed by atoms with E-state index in [1.807, 2.05) is 24.4 Å². The average Bonchev–Trinajstić information content (AvgIpc) is 2.92. The molecule has 1 aromatic carbocycles. The monoisotopic (exact) mass is 272 g/mol. The smallest absolute Gasteiger partial charge is 0.231 e. The Morgan fingerprint density at radius 2 is 2.00 bits per heavy atom. The minimum Gasteiger partial charge on any atom is -0.454 e. The molecule has 0 amide bonds. The molecule has 0 aliphatic carbocycles. The van der Waals surface area contributed by atoms with Crippen LogP contribution in [0.4, 0.5) is 5.82 Å². The van der Waals surface area contributed by atoms with Crippen molar-refractivity contribution in [3.05, 3.63) is 24.4 Å². The van der Waals surface area contributed by atoms with Gasteiger partial charge in [-0.3, -0.25) is 0 Å². The Labute approximate surface area is 119 Å². The minimum absolute atomic E-state index is 0.304. The van der Waals surface area contributed by atoms with E-state index in [1.165, 1.54) is 25.7 Å². The Morgan fingerprint density at radius 3 is 2.85 bits per heavy atom. The van der Waals surface area contributed by atoms with Crippen LogP contribution in [-0.2, 0) is 0 Å². The molecule has 0 fully saturated rings. The lowest BCUT2D eigenvalue weighted by Gasteiger charge is -2.09. The molecule has 3 rings (SSSR count). The maximum absolute atomic E-state index is 5.44. The van der Waals surface area contributed by atoms with E-state index < -0.39 is 0 Å². The molecule has 2 aromatic rings. The first-order valence-electron chi connectivity index (χ1n) is 7.30. The van der Waals surface area contributed by atoms with Crippen LogP contribution in [0, 0.1) is 0 Å². The molecule has 4 heteroatoms. The van der Waals surface area contributed by atoms with Crippen molar-refractivity contribution in [1.29, 1.82) is 0 Å². The van der Waals surface area contributed by atoms with Crippen LogP contribution in [0.1, 0.15) is 32.6 Å². The lowest BCUT2D eigenvalue weighted by Crippen LogP contribution is -2.03. The van der Waals surface area contributed by atoms with Gasteiger partial charge in [0.05, 0.1) is 0 Å². The lowest BCUT2D eigenvalue weighted by molar-refractivity contribution is 0.174. The number of benzene rings is 1. The van der Waals surface area contributed by atoms with E-state index in [4.69, 9.17) is 9.47 Å². The second-order valence-electron chi connectivity index (χ2n) is 5.07. The quantitative estimate of drug-likeness (QED) is 0.808. The molecule has 1 aliphatic rings. The van der Waals surface area contributed by atoms with Gasteiger partial charge in [-0.1, -0.05) is 26.2 Å². The summed E-state index contributed by atoms with van der Waals surface area (Å²) in [5, 5.41) is 5.65. The molecule has 0 bridgehead atoms. The third-order valence-electron chi connectivity index (χ3n) is 3.58.